The van der Waals surface area contributed by atoms with E-state index in [4.69, 9.17) is 23.2 Å². The van der Waals surface area contributed by atoms with Gasteiger partial charge in [-0.2, -0.15) is 13.2 Å². The Morgan fingerprint density at radius 2 is 1.56 bits per heavy atom. The number of anilines is 1. The molecule has 0 aromatic heterocycles. The van der Waals surface area contributed by atoms with Crippen molar-refractivity contribution in [2.45, 2.75) is 11.1 Å². The highest BCUT2D eigenvalue weighted by atomic mass is 35.5. The first-order valence-electron chi connectivity index (χ1n) is 7.30. The number of aromatic hydroxyl groups is 1. The number of hydrogen-bond donors (Lipinski definition) is 2. The average molecular weight is 436 g/mol. The van der Waals surface area contributed by atoms with Gasteiger partial charge in [0.1, 0.15) is 5.75 Å². The van der Waals surface area contributed by atoms with Gasteiger partial charge in [-0.15, -0.1) is 0 Å². The summed E-state index contributed by atoms with van der Waals surface area (Å²) in [6.07, 6.45) is -4.81. The lowest BCUT2D eigenvalue weighted by atomic mass is 10.1. The van der Waals surface area contributed by atoms with E-state index >= 15 is 0 Å². The molecular formula is C17H10Cl2F3NO3S. The molecule has 0 heterocycles. The van der Waals surface area contributed by atoms with Crippen LogP contribution in [-0.2, 0) is 16.2 Å². The minimum atomic E-state index is -4.81. The molecule has 0 aliphatic heterocycles. The molecule has 0 aliphatic carbocycles. The molecular weight excluding hydrogens is 426 g/mol. The second-order valence-corrected chi connectivity index (χ2v) is 8.04. The highest BCUT2D eigenvalue weighted by molar-refractivity contribution is 7.92. The molecule has 27 heavy (non-hydrogen) atoms. The number of benzene rings is 3. The first-order chi connectivity index (χ1) is 12.5. The van der Waals surface area contributed by atoms with Gasteiger partial charge in [-0.1, -0.05) is 47.5 Å². The van der Waals surface area contributed by atoms with E-state index in [0.29, 0.717) is 11.5 Å². The van der Waals surface area contributed by atoms with Crippen molar-refractivity contribution in [2.75, 3.05) is 4.72 Å². The quantitative estimate of drug-likeness (QED) is 0.520. The van der Waals surface area contributed by atoms with Crippen molar-refractivity contribution in [1.82, 2.24) is 0 Å². The molecule has 0 unspecified atom stereocenters. The highest BCUT2D eigenvalue weighted by Gasteiger charge is 2.34. The van der Waals surface area contributed by atoms with Crippen LogP contribution in [0.15, 0.2) is 53.4 Å². The molecule has 2 N–H and O–H groups in total. The summed E-state index contributed by atoms with van der Waals surface area (Å²) < 4.78 is 66.4. The van der Waals surface area contributed by atoms with Gasteiger partial charge in [0.2, 0.25) is 0 Å². The Balaban J connectivity index is 2.11. The van der Waals surface area contributed by atoms with Gasteiger partial charge in [-0.05, 0) is 24.3 Å². The van der Waals surface area contributed by atoms with Gasteiger partial charge in [0.25, 0.3) is 10.0 Å². The number of phenolic OH excluding ortho intramolecular Hbond substituents is 1. The van der Waals surface area contributed by atoms with Gasteiger partial charge >= 0.3 is 6.18 Å². The first-order valence-corrected chi connectivity index (χ1v) is 9.54. The fourth-order valence-corrected chi connectivity index (χ4v) is 4.03. The van der Waals surface area contributed by atoms with Gasteiger partial charge in [-0.3, -0.25) is 4.72 Å². The van der Waals surface area contributed by atoms with E-state index in [1.807, 2.05) is 0 Å². The number of rotatable bonds is 3. The minimum absolute atomic E-state index is 0.0110. The number of phenols is 1. The Hall–Kier alpha value is -2.16. The van der Waals surface area contributed by atoms with Crippen LogP contribution < -0.4 is 4.72 Å². The van der Waals surface area contributed by atoms with Crippen LogP contribution >= 0.6 is 23.2 Å². The van der Waals surface area contributed by atoms with Crippen molar-refractivity contribution >= 4 is 49.7 Å². The summed E-state index contributed by atoms with van der Waals surface area (Å²) in [7, 11) is -4.38. The summed E-state index contributed by atoms with van der Waals surface area (Å²) in [6.45, 7) is 0. The topological polar surface area (TPSA) is 66.4 Å². The summed E-state index contributed by atoms with van der Waals surface area (Å²) in [5.74, 6) is -0.235. The number of hydrogen-bond acceptors (Lipinski definition) is 3. The van der Waals surface area contributed by atoms with Crippen molar-refractivity contribution in [3.05, 3.63) is 64.1 Å². The Bertz CT molecular complexity index is 1150. The highest BCUT2D eigenvalue weighted by Crippen LogP contribution is 2.39. The molecule has 0 saturated carbocycles. The lowest BCUT2D eigenvalue weighted by molar-refractivity contribution is -0.137. The Morgan fingerprint density at radius 1 is 0.926 bits per heavy atom. The maximum Gasteiger partial charge on any atom is 0.417 e. The minimum Gasteiger partial charge on any atom is -0.506 e. The van der Waals surface area contributed by atoms with Gasteiger partial charge in [-0.25, -0.2) is 8.42 Å². The Kier molecular flexibility index (Phi) is 4.92. The number of halogens is 5. The van der Waals surface area contributed by atoms with Crippen molar-refractivity contribution in [3.8, 4) is 5.75 Å². The predicted octanol–water partition coefficient (Wildman–Crippen LogP) is 5.67. The fourth-order valence-electron chi connectivity index (χ4n) is 2.50. The monoisotopic (exact) mass is 435 g/mol. The average Bonchev–Trinajstić information content (AvgIpc) is 2.58. The van der Waals surface area contributed by atoms with Crippen molar-refractivity contribution < 1.29 is 26.7 Å². The van der Waals surface area contributed by atoms with E-state index in [9.17, 15) is 26.7 Å². The lowest BCUT2D eigenvalue weighted by Crippen LogP contribution is -2.15. The Morgan fingerprint density at radius 3 is 2.19 bits per heavy atom. The van der Waals surface area contributed by atoms with Crippen LogP contribution in [0, 0.1) is 0 Å². The van der Waals surface area contributed by atoms with Gasteiger partial charge in [0.15, 0.2) is 0 Å². The molecule has 0 amide bonds. The smallest absolute Gasteiger partial charge is 0.417 e. The maximum absolute atomic E-state index is 13.0. The van der Waals surface area contributed by atoms with Gasteiger partial charge in [0.05, 0.1) is 26.2 Å². The van der Waals surface area contributed by atoms with Gasteiger partial charge < -0.3 is 5.11 Å². The third kappa shape index (κ3) is 3.78. The number of alkyl halides is 3. The predicted molar refractivity (Wildman–Crippen MR) is 97.9 cm³/mol. The second kappa shape index (κ2) is 6.78. The van der Waals surface area contributed by atoms with Crippen LogP contribution in [0.4, 0.5) is 18.9 Å². The lowest BCUT2D eigenvalue weighted by Gasteiger charge is -2.14. The summed E-state index contributed by atoms with van der Waals surface area (Å²) in [4.78, 5) is -0.618. The van der Waals surface area contributed by atoms with E-state index < -0.39 is 31.7 Å². The van der Waals surface area contributed by atoms with Crippen LogP contribution in [-0.4, -0.2) is 13.5 Å². The number of sulfonamides is 1. The van der Waals surface area contributed by atoms with Crippen LogP contribution in [0.2, 0.25) is 10.0 Å². The van der Waals surface area contributed by atoms with Crippen molar-refractivity contribution in [1.29, 1.82) is 0 Å². The third-order valence-electron chi connectivity index (χ3n) is 3.77. The van der Waals surface area contributed by atoms with Crippen LogP contribution in [0.3, 0.4) is 0 Å². The SMILES string of the molecule is O=S(=O)(Nc1cc(Cl)c(O)c2ccccc12)c1ccc(Cl)c(C(F)(F)F)c1. The maximum atomic E-state index is 13.0. The fraction of sp³-hybridized carbons (Fsp3) is 0.0588. The molecule has 0 radical (unpaired) electrons. The molecule has 0 atom stereocenters. The molecule has 10 heteroatoms. The van der Waals surface area contributed by atoms with E-state index in [-0.39, 0.29) is 21.8 Å². The molecule has 0 bridgehead atoms. The molecule has 3 rings (SSSR count). The summed E-state index contributed by atoms with van der Waals surface area (Å²) in [5, 5.41) is 9.90. The zero-order valence-electron chi connectivity index (χ0n) is 13.2. The Labute approximate surface area is 162 Å². The molecule has 4 nitrogen and oxygen atoms in total. The third-order valence-corrected chi connectivity index (χ3v) is 5.75. The van der Waals surface area contributed by atoms with E-state index in [0.717, 1.165) is 12.1 Å². The van der Waals surface area contributed by atoms with Crippen LogP contribution in [0.25, 0.3) is 10.8 Å². The largest absolute Gasteiger partial charge is 0.506 e. The molecule has 142 valence electrons. The number of fused-ring (bicyclic) bond motifs is 1. The first kappa shape index (κ1) is 19.6. The van der Waals surface area contributed by atoms with E-state index in [2.05, 4.69) is 4.72 Å². The molecule has 0 spiro atoms. The van der Waals surface area contributed by atoms with Crippen LogP contribution in [0.1, 0.15) is 5.56 Å². The van der Waals surface area contributed by atoms with Crippen molar-refractivity contribution in [2.24, 2.45) is 0 Å². The van der Waals surface area contributed by atoms with Gasteiger partial charge in [0, 0.05) is 10.8 Å². The molecule has 0 fully saturated rings. The zero-order valence-corrected chi connectivity index (χ0v) is 15.5. The second-order valence-electron chi connectivity index (χ2n) is 5.55. The summed E-state index contributed by atoms with van der Waals surface area (Å²) >= 11 is 11.4. The summed E-state index contributed by atoms with van der Waals surface area (Å²) in [6, 6.07) is 9.74. The van der Waals surface area contributed by atoms with Crippen LogP contribution in [0.5, 0.6) is 5.75 Å². The zero-order chi connectivity index (χ0) is 20.0. The standard InChI is InChI=1S/C17H10Cl2F3NO3S/c18-13-6-5-9(7-12(13)17(20,21)22)27(25,26)23-15-8-14(19)16(24)11-4-2-1-3-10(11)15/h1-8,23-24H. The molecule has 3 aromatic carbocycles. The number of nitrogens with one attached hydrogen (secondary N) is 1. The molecule has 0 saturated heterocycles. The van der Waals surface area contributed by atoms with E-state index in [1.54, 1.807) is 12.1 Å². The van der Waals surface area contributed by atoms with Crippen molar-refractivity contribution in [3.63, 3.8) is 0 Å². The summed E-state index contributed by atoms with van der Waals surface area (Å²) in [5.41, 5.74) is -1.25. The molecule has 0 aliphatic rings. The van der Waals surface area contributed by atoms with E-state index in [1.165, 1.54) is 18.2 Å². The molecule has 3 aromatic rings. The normalized spacial score (nSPS) is 12.3.